The Morgan fingerprint density at radius 1 is 0.970 bits per heavy atom. The second-order valence-corrected chi connectivity index (χ2v) is 9.93. The van der Waals surface area contributed by atoms with Gasteiger partial charge in [0.05, 0.1) is 22.4 Å². The van der Waals surface area contributed by atoms with E-state index in [-0.39, 0.29) is 28.6 Å². The van der Waals surface area contributed by atoms with Crippen molar-refractivity contribution in [2.45, 2.75) is 28.7 Å². The Bertz CT molecular complexity index is 1210. The van der Waals surface area contributed by atoms with E-state index in [0.29, 0.717) is 23.4 Å². The molecule has 0 spiro atoms. The Morgan fingerprint density at radius 2 is 1.67 bits per heavy atom. The van der Waals surface area contributed by atoms with Crippen molar-refractivity contribution < 1.29 is 28.5 Å². The highest BCUT2D eigenvalue weighted by Gasteiger charge is 2.19. The number of halogens is 1. The molecule has 3 rings (SSSR count). The van der Waals surface area contributed by atoms with Crippen molar-refractivity contribution >= 4 is 27.5 Å². The number of nitrogens with zero attached hydrogens (tertiary/aromatic N) is 1. The molecule has 9 heteroatoms. The first-order valence-corrected chi connectivity index (χ1v) is 12.1. The van der Waals surface area contributed by atoms with Crippen LogP contribution in [0.2, 0.25) is 5.02 Å². The average Bonchev–Trinajstić information content (AvgIpc) is 2.78. The van der Waals surface area contributed by atoms with E-state index in [9.17, 15) is 28.5 Å². The third-order valence-corrected chi connectivity index (χ3v) is 7.15. The number of aliphatic hydroxyl groups excluding tert-OH is 1. The number of carboxylic acid groups (broad SMARTS) is 1. The summed E-state index contributed by atoms with van der Waals surface area (Å²) in [5.74, 6) is -0.129. The van der Waals surface area contributed by atoms with Crippen molar-refractivity contribution in [1.82, 2.24) is 4.90 Å². The lowest BCUT2D eigenvalue weighted by Crippen LogP contribution is -2.34. The molecule has 3 N–H and O–H groups in total. The zero-order valence-electron chi connectivity index (χ0n) is 17.6. The molecule has 0 heterocycles. The quantitative estimate of drug-likeness (QED) is 0.407. The fourth-order valence-corrected chi connectivity index (χ4v) is 4.89. The first kappa shape index (κ1) is 24.6. The molecule has 0 aliphatic carbocycles. The number of hydrogen-bond acceptors (Lipinski definition) is 5. The summed E-state index contributed by atoms with van der Waals surface area (Å²) in [6, 6.07) is 18.5. The minimum atomic E-state index is -3.75. The van der Waals surface area contributed by atoms with E-state index in [2.05, 4.69) is 0 Å². The van der Waals surface area contributed by atoms with Crippen LogP contribution < -0.4 is 0 Å². The standard InChI is InChI=1S/C24H24ClNO6S/c25-19-6-1-5-18(14-19)23(28)16-26(24(29)30)13-3-4-17-9-11-21(12-10-17)33(31,32)22-8-2-7-20(27)15-22/h1-2,5-12,14-15,23,27-28H,3-4,13,16H2,(H,29,30)/t23-/m1/s1. The lowest BCUT2D eigenvalue weighted by atomic mass is 10.1. The summed E-state index contributed by atoms with van der Waals surface area (Å²) in [6.45, 7) is 0.118. The molecule has 0 saturated heterocycles. The minimum absolute atomic E-state index is 0.00520. The Morgan fingerprint density at radius 3 is 2.30 bits per heavy atom. The molecule has 0 aromatic heterocycles. The van der Waals surface area contributed by atoms with Crippen molar-refractivity contribution in [2.24, 2.45) is 0 Å². The maximum absolute atomic E-state index is 12.7. The zero-order valence-corrected chi connectivity index (χ0v) is 19.2. The first-order valence-electron chi connectivity index (χ1n) is 10.2. The Kier molecular flexibility index (Phi) is 7.97. The van der Waals surface area contributed by atoms with Gasteiger partial charge in [-0.05, 0) is 66.4 Å². The summed E-state index contributed by atoms with van der Waals surface area (Å²) < 4.78 is 25.4. The van der Waals surface area contributed by atoms with Gasteiger partial charge >= 0.3 is 6.09 Å². The molecule has 174 valence electrons. The van der Waals surface area contributed by atoms with Gasteiger partial charge in [0.15, 0.2) is 0 Å². The van der Waals surface area contributed by atoms with Gasteiger partial charge in [-0.15, -0.1) is 0 Å². The lowest BCUT2D eigenvalue weighted by Gasteiger charge is -2.22. The van der Waals surface area contributed by atoms with E-state index in [4.69, 9.17) is 11.6 Å². The third-order valence-electron chi connectivity index (χ3n) is 5.15. The van der Waals surface area contributed by atoms with Gasteiger partial charge < -0.3 is 20.2 Å². The molecule has 0 bridgehead atoms. The summed E-state index contributed by atoms with van der Waals surface area (Å²) in [5.41, 5.74) is 1.39. The van der Waals surface area contributed by atoms with Crippen molar-refractivity contribution in [2.75, 3.05) is 13.1 Å². The molecule has 0 saturated carbocycles. The summed E-state index contributed by atoms with van der Waals surface area (Å²) in [6.07, 6.45) is -1.11. The highest BCUT2D eigenvalue weighted by Crippen LogP contribution is 2.24. The molecule has 0 radical (unpaired) electrons. The van der Waals surface area contributed by atoms with Gasteiger partial charge in [0.25, 0.3) is 0 Å². The van der Waals surface area contributed by atoms with Gasteiger partial charge in [0.2, 0.25) is 9.84 Å². The molecule has 1 amide bonds. The van der Waals surface area contributed by atoms with Gasteiger partial charge in [-0.1, -0.05) is 41.9 Å². The van der Waals surface area contributed by atoms with Crippen LogP contribution in [-0.4, -0.2) is 47.8 Å². The number of benzene rings is 3. The normalized spacial score (nSPS) is 12.3. The molecule has 0 aliphatic rings. The van der Waals surface area contributed by atoms with Gasteiger partial charge in [0, 0.05) is 11.6 Å². The van der Waals surface area contributed by atoms with Crippen molar-refractivity contribution in [1.29, 1.82) is 0 Å². The molecule has 1 atom stereocenters. The molecular formula is C24H24ClNO6S. The maximum Gasteiger partial charge on any atom is 0.407 e. The summed E-state index contributed by atoms with van der Waals surface area (Å²) in [7, 11) is -3.75. The highest BCUT2D eigenvalue weighted by molar-refractivity contribution is 7.91. The topological polar surface area (TPSA) is 115 Å². The first-order chi connectivity index (χ1) is 15.7. The predicted molar refractivity (Wildman–Crippen MR) is 124 cm³/mol. The van der Waals surface area contributed by atoms with Crippen LogP contribution in [0.25, 0.3) is 0 Å². The number of aromatic hydroxyl groups is 1. The van der Waals surface area contributed by atoms with E-state index < -0.39 is 22.0 Å². The largest absolute Gasteiger partial charge is 0.508 e. The van der Waals surface area contributed by atoms with Crippen LogP contribution in [0.3, 0.4) is 0 Å². The maximum atomic E-state index is 12.7. The van der Waals surface area contributed by atoms with Gasteiger partial charge in [0.1, 0.15) is 5.75 Å². The number of phenols is 1. The van der Waals surface area contributed by atoms with Gasteiger partial charge in [-0.2, -0.15) is 0 Å². The summed E-state index contributed by atoms with van der Waals surface area (Å²) in [5, 5.41) is 29.9. The number of aryl methyl sites for hydroxylation is 1. The minimum Gasteiger partial charge on any atom is -0.508 e. The predicted octanol–water partition coefficient (Wildman–Crippen LogP) is 4.52. The lowest BCUT2D eigenvalue weighted by molar-refractivity contribution is 0.0962. The molecular weight excluding hydrogens is 466 g/mol. The van der Waals surface area contributed by atoms with E-state index in [1.54, 1.807) is 36.4 Å². The third kappa shape index (κ3) is 6.47. The van der Waals surface area contributed by atoms with Crippen LogP contribution in [0.5, 0.6) is 5.75 Å². The second kappa shape index (κ2) is 10.7. The highest BCUT2D eigenvalue weighted by atomic mass is 35.5. The second-order valence-electron chi connectivity index (χ2n) is 7.55. The van der Waals surface area contributed by atoms with Crippen LogP contribution in [-0.2, 0) is 16.3 Å². The number of sulfone groups is 1. The monoisotopic (exact) mass is 489 g/mol. The average molecular weight is 490 g/mol. The Labute approximate surface area is 197 Å². The fraction of sp³-hybridized carbons (Fsp3) is 0.208. The zero-order chi connectivity index (χ0) is 24.0. The molecule has 3 aromatic carbocycles. The summed E-state index contributed by atoms with van der Waals surface area (Å²) in [4.78, 5) is 12.8. The fourth-order valence-electron chi connectivity index (χ4n) is 3.39. The number of phenolic OH excluding ortho intramolecular Hbond substituents is 1. The van der Waals surface area contributed by atoms with Crippen LogP contribution in [0, 0.1) is 0 Å². The van der Waals surface area contributed by atoms with Crippen LogP contribution in [0.15, 0.2) is 82.6 Å². The van der Waals surface area contributed by atoms with Crippen molar-refractivity contribution in [3.63, 3.8) is 0 Å². The Hall–Kier alpha value is -3.07. The molecule has 0 fully saturated rings. The number of amides is 1. The number of rotatable bonds is 9. The number of carbonyl (C=O) groups is 1. The molecule has 33 heavy (non-hydrogen) atoms. The van der Waals surface area contributed by atoms with E-state index in [0.717, 1.165) is 10.5 Å². The molecule has 7 nitrogen and oxygen atoms in total. The van der Waals surface area contributed by atoms with Gasteiger partial charge in [-0.3, -0.25) is 0 Å². The van der Waals surface area contributed by atoms with Crippen LogP contribution >= 0.6 is 11.6 Å². The smallest absolute Gasteiger partial charge is 0.407 e. The Balaban J connectivity index is 1.59. The van der Waals surface area contributed by atoms with Gasteiger partial charge in [-0.25, -0.2) is 13.2 Å². The van der Waals surface area contributed by atoms with Crippen LogP contribution in [0.1, 0.15) is 23.7 Å². The van der Waals surface area contributed by atoms with E-state index in [1.165, 1.54) is 36.4 Å². The number of aliphatic hydroxyl groups is 1. The summed E-state index contributed by atoms with van der Waals surface area (Å²) >= 11 is 5.93. The van der Waals surface area contributed by atoms with Crippen molar-refractivity contribution in [3.8, 4) is 5.75 Å². The number of hydrogen-bond donors (Lipinski definition) is 3. The SMILES string of the molecule is O=C(O)N(CCCc1ccc(S(=O)(=O)c2cccc(O)c2)cc1)C[C@@H](O)c1cccc(Cl)c1. The molecule has 0 aliphatic heterocycles. The van der Waals surface area contributed by atoms with Crippen LogP contribution in [0.4, 0.5) is 4.79 Å². The van der Waals surface area contributed by atoms with E-state index in [1.807, 2.05) is 0 Å². The molecule has 0 unspecified atom stereocenters. The van der Waals surface area contributed by atoms with Crippen molar-refractivity contribution in [3.05, 3.63) is 88.9 Å². The molecule has 3 aromatic rings. The van der Waals surface area contributed by atoms with E-state index >= 15 is 0 Å².